The zero-order chi connectivity index (χ0) is 26.1. The van der Waals surface area contributed by atoms with Gasteiger partial charge in [0, 0.05) is 5.41 Å². The molecule has 6 heteroatoms. The molecule has 0 aliphatic heterocycles. The van der Waals surface area contributed by atoms with Gasteiger partial charge in [-0.15, -0.1) is 13.2 Å². The van der Waals surface area contributed by atoms with Crippen LogP contribution >= 0.6 is 46.4 Å². The third kappa shape index (κ3) is 6.61. The molecule has 0 aliphatic carbocycles. The van der Waals surface area contributed by atoms with Gasteiger partial charge in [0.05, 0.1) is 33.3 Å². The van der Waals surface area contributed by atoms with Gasteiger partial charge in [0.25, 0.3) is 0 Å². The highest BCUT2D eigenvalue weighted by atomic mass is 35.5. The van der Waals surface area contributed by atoms with Crippen LogP contribution in [0.4, 0.5) is 0 Å². The Balaban J connectivity index is 2.06. The maximum Gasteiger partial charge on any atom is 0.156 e. The fraction of sp³-hybridized carbons (Fsp3) is 0.267. The van der Waals surface area contributed by atoms with Crippen LogP contribution in [0.5, 0.6) is 11.5 Å². The number of hydrogen-bond donors (Lipinski definition) is 0. The smallest absolute Gasteiger partial charge is 0.156 e. The zero-order valence-corrected chi connectivity index (χ0v) is 23.4. The van der Waals surface area contributed by atoms with Gasteiger partial charge in [0.15, 0.2) is 11.5 Å². The van der Waals surface area contributed by atoms with Gasteiger partial charge in [0.2, 0.25) is 0 Å². The molecule has 0 fully saturated rings. The molecule has 190 valence electrons. The van der Waals surface area contributed by atoms with E-state index in [1.54, 1.807) is 0 Å². The Kier molecular flexibility index (Phi) is 10.6. The van der Waals surface area contributed by atoms with Crippen LogP contribution in [-0.2, 0) is 5.41 Å². The van der Waals surface area contributed by atoms with E-state index in [-0.39, 0.29) is 0 Å². The van der Waals surface area contributed by atoms with Crippen molar-refractivity contribution < 1.29 is 9.47 Å². The lowest BCUT2D eigenvalue weighted by Crippen LogP contribution is -2.25. The second-order valence-electron chi connectivity index (χ2n) is 8.59. The molecule has 3 rings (SSSR count). The molecular weight excluding hydrogens is 534 g/mol. The normalized spacial score (nSPS) is 11.2. The van der Waals surface area contributed by atoms with Crippen molar-refractivity contribution in [1.82, 2.24) is 0 Å². The van der Waals surface area contributed by atoms with Crippen molar-refractivity contribution >= 4 is 46.4 Å². The molecule has 0 atom stereocenters. The van der Waals surface area contributed by atoms with E-state index in [9.17, 15) is 0 Å². The molecule has 0 aliphatic rings. The highest BCUT2D eigenvalue weighted by Gasteiger charge is 2.34. The molecule has 0 saturated carbocycles. The highest BCUT2D eigenvalue weighted by molar-refractivity contribution is 6.38. The molecule has 0 unspecified atom stereocenters. The Morgan fingerprint density at radius 3 is 1.42 bits per heavy atom. The van der Waals surface area contributed by atoms with Crippen LogP contribution in [0.25, 0.3) is 0 Å². The first-order valence-corrected chi connectivity index (χ1v) is 13.4. The minimum atomic E-state index is -0.662. The Hall–Kier alpha value is -2.10. The van der Waals surface area contributed by atoms with E-state index in [1.165, 1.54) is 0 Å². The molecule has 3 aromatic carbocycles. The SMILES string of the molecule is C=CCCCOc1c(Cl)cc(C(C)(c2ccccc2)c2cc(Cl)c(OCCCC=C)c(Cl)c2)cc1Cl. The quantitative estimate of drug-likeness (QED) is 0.117. The van der Waals surface area contributed by atoms with Crippen LogP contribution in [0.15, 0.2) is 79.9 Å². The standard InChI is InChI=1S/C30H30Cl4O2/c1-4-6-11-15-35-28-24(31)17-22(18-25(28)32)30(3,21-13-9-8-10-14-21)23-19-26(33)29(27(34)20-23)36-16-12-7-5-2/h4-5,8-10,13-14,17-20H,1-2,6-7,11-12,15-16H2,3H3. The molecule has 0 N–H and O–H groups in total. The average molecular weight is 564 g/mol. The lowest BCUT2D eigenvalue weighted by molar-refractivity contribution is 0.312. The predicted octanol–water partition coefficient (Wildman–Crippen LogP) is 10.3. The van der Waals surface area contributed by atoms with Crippen molar-refractivity contribution in [3.8, 4) is 11.5 Å². The van der Waals surface area contributed by atoms with Gasteiger partial charge in [-0.05, 0) is 73.6 Å². The third-order valence-corrected chi connectivity index (χ3v) is 7.22. The summed E-state index contributed by atoms with van der Waals surface area (Å²) in [7, 11) is 0. The third-order valence-electron chi connectivity index (χ3n) is 6.10. The van der Waals surface area contributed by atoms with E-state index in [4.69, 9.17) is 55.9 Å². The Labute approximate surface area is 234 Å². The predicted molar refractivity (Wildman–Crippen MR) is 155 cm³/mol. The topological polar surface area (TPSA) is 18.5 Å². The number of unbranched alkanes of at least 4 members (excludes halogenated alkanes) is 2. The Bertz CT molecular complexity index is 1070. The van der Waals surface area contributed by atoms with Gasteiger partial charge in [0.1, 0.15) is 0 Å². The number of hydrogen-bond acceptors (Lipinski definition) is 2. The lowest BCUT2D eigenvalue weighted by atomic mass is 9.71. The van der Waals surface area contributed by atoms with Gasteiger partial charge < -0.3 is 9.47 Å². The summed E-state index contributed by atoms with van der Waals surface area (Å²) in [5, 5.41) is 1.77. The first kappa shape index (κ1) is 28.5. The number of benzene rings is 3. The van der Waals surface area contributed by atoms with Crippen LogP contribution in [0.1, 0.15) is 49.3 Å². The fourth-order valence-electron chi connectivity index (χ4n) is 4.05. The highest BCUT2D eigenvalue weighted by Crippen LogP contribution is 2.47. The van der Waals surface area contributed by atoms with Crippen molar-refractivity contribution in [2.75, 3.05) is 13.2 Å². The summed E-state index contributed by atoms with van der Waals surface area (Å²) in [5.41, 5.74) is 2.14. The van der Waals surface area contributed by atoms with Crippen LogP contribution in [0, 0.1) is 0 Å². The summed E-state index contributed by atoms with van der Waals surface area (Å²) < 4.78 is 11.8. The van der Waals surface area contributed by atoms with E-state index in [0.29, 0.717) is 44.8 Å². The monoisotopic (exact) mass is 562 g/mol. The average Bonchev–Trinajstić information content (AvgIpc) is 2.86. The van der Waals surface area contributed by atoms with E-state index in [1.807, 2.05) is 54.6 Å². The molecule has 0 spiro atoms. The number of ether oxygens (including phenoxy) is 2. The molecule has 0 amide bonds. The second kappa shape index (κ2) is 13.4. The number of halogens is 4. The molecule has 0 radical (unpaired) electrons. The number of allylic oxidation sites excluding steroid dienone is 2. The van der Waals surface area contributed by atoms with Gasteiger partial charge in [-0.25, -0.2) is 0 Å². The van der Waals surface area contributed by atoms with Crippen LogP contribution in [0.3, 0.4) is 0 Å². The van der Waals surface area contributed by atoms with E-state index in [2.05, 4.69) is 32.2 Å². The summed E-state index contributed by atoms with van der Waals surface area (Å²) in [4.78, 5) is 0. The first-order valence-electron chi connectivity index (χ1n) is 11.8. The van der Waals surface area contributed by atoms with E-state index >= 15 is 0 Å². The van der Waals surface area contributed by atoms with Crippen molar-refractivity contribution in [3.63, 3.8) is 0 Å². The summed E-state index contributed by atoms with van der Waals surface area (Å²) in [5.74, 6) is 0.946. The molecule has 0 aromatic heterocycles. The fourth-order valence-corrected chi connectivity index (χ4v) is 5.24. The molecule has 0 saturated heterocycles. The molecular formula is C30H30Cl4O2. The summed E-state index contributed by atoms with van der Waals surface area (Å²) in [6.45, 7) is 10.6. The molecule has 2 nitrogen and oxygen atoms in total. The van der Waals surface area contributed by atoms with Crippen molar-refractivity contribution in [1.29, 1.82) is 0 Å². The van der Waals surface area contributed by atoms with Gasteiger partial charge in [-0.2, -0.15) is 0 Å². The van der Waals surface area contributed by atoms with Gasteiger partial charge >= 0.3 is 0 Å². The van der Waals surface area contributed by atoms with Crippen LogP contribution in [0.2, 0.25) is 20.1 Å². The van der Waals surface area contributed by atoms with Gasteiger partial charge in [-0.1, -0.05) is 88.9 Å². The molecule has 3 aromatic rings. The summed E-state index contributed by atoms with van der Waals surface area (Å²) in [6, 6.07) is 17.7. The zero-order valence-electron chi connectivity index (χ0n) is 20.3. The Morgan fingerprint density at radius 2 is 1.06 bits per heavy atom. The van der Waals surface area contributed by atoms with Crippen LogP contribution in [-0.4, -0.2) is 13.2 Å². The molecule has 0 heterocycles. The van der Waals surface area contributed by atoms with Crippen molar-refractivity contribution in [2.45, 2.75) is 38.0 Å². The van der Waals surface area contributed by atoms with Crippen LogP contribution < -0.4 is 9.47 Å². The molecule has 0 bridgehead atoms. The minimum Gasteiger partial charge on any atom is -0.490 e. The van der Waals surface area contributed by atoms with Gasteiger partial charge in [-0.3, -0.25) is 0 Å². The second-order valence-corrected chi connectivity index (χ2v) is 10.2. The molecule has 36 heavy (non-hydrogen) atoms. The summed E-state index contributed by atoms with van der Waals surface area (Å²) in [6.07, 6.45) is 7.09. The van der Waals surface area contributed by atoms with Crippen molar-refractivity contribution in [3.05, 3.63) is 117 Å². The minimum absolute atomic E-state index is 0.442. The van der Waals surface area contributed by atoms with E-state index in [0.717, 1.165) is 42.4 Å². The lowest BCUT2D eigenvalue weighted by Gasteiger charge is -2.33. The maximum atomic E-state index is 6.69. The number of rotatable bonds is 13. The van der Waals surface area contributed by atoms with Crippen molar-refractivity contribution in [2.24, 2.45) is 0 Å². The van der Waals surface area contributed by atoms with E-state index < -0.39 is 5.41 Å². The largest absolute Gasteiger partial charge is 0.490 e. The Morgan fingerprint density at radius 1 is 0.667 bits per heavy atom. The maximum absolute atomic E-state index is 6.69. The summed E-state index contributed by atoms with van der Waals surface area (Å²) >= 11 is 26.8. The first-order chi connectivity index (χ1) is 17.3.